The van der Waals surface area contributed by atoms with E-state index in [9.17, 15) is 14.3 Å². The summed E-state index contributed by atoms with van der Waals surface area (Å²) in [5.74, 6) is -1.09. The van der Waals surface area contributed by atoms with E-state index in [0.29, 0.717) is 13.0 Å². The van der Waals surface area contributed by atoms with Crippen LogP contribution < -0.4 is 0 Å². The van der Waals surface area contributed by atoms with Crippen molar-refractivity contribution in [3.05, 3.63) is 95.8 Å². The number of carboxylic acids is 1. The van der Waals surface area contributed by atoms with Gasteiger partial charge in [0, 0.05) is 0 Å². The van der Waals surface area contributed by atoms with Gasteiger partial charge in [0.05, 0.1) is 6.04 Å². The molecule has 4 rings (SSSR count). The number of piperidine rings is 1. The van der Waals surface area contributed by atoms with Crippen LogP contribution in [0.15, 0.2) is 78.9 Å². The average Bonchev–Trinajstić information content (AvgIpc) is 2.77. The second-order valence-electron chi connectivity index (χ2n) is 7.53. The number of nitrogens with zero attached hydrogens (tertiary/aromatic N) is 1. The molecule has 1 heterocycles. The molecule has 0 amide bonds. The lowest BCUT2D eigenvalue weighted by Gasteiger charge is -2.39. The van der Waals surface area contributed by atoms with E-state index in [4.69, 9.17) is 0 Å². The number of likely N-dealkylation sites (tertiary alicyclic amines) is 1. The Morgan fingerprint density at radius 2 is 1.45 bits per heavy atom. The summed E-state index contributed by atoms with van der Waals surface area (Å²) in [6, 6.07) is 24.1. The molecule has 148 valence electrons. The zero-order valence-corrected chi connectivity index (χ0v) is 16.2. The van der Waals surface area contributed by atoms with Crippen molar-refractivity contribution in [1.29, 1.82) is 0 Å². The maximum absolute atomic E-state index is 13.5. The van der Waals surface area contributed by atoms with Crippen molar-refractivity contribution in [2.45, 2.75) is 31.3 Å². The van der Waals surface area contributed by atoms with Gasteiger partial charge in [0.2, 0.25) is 0 Å². The highest BCUT2D eigenvalue weighted by molar-refractivity contribution is 5.74. The lowest BCUT2D eigenvalue weighted by atomic mass is 9.91. The van der Waals surface area contributed by atoms with Crippen molar-refractivity contribution in [2.24, 2.45) is 0 Å². The zero-order chi connectivity index (χ0) is 20.2. The van der Waals surface area contributed by atoms with E-state index in [1.165, 1.54) is 12.1 Å². The highest BCUT2D eigenvalue weighted by atomic mass is 19.1. The summed E-state index contributed by atoms with van der Waals surface area (Å²) in [7, 11) is 0. The van der Waals surface area contributed by atoms with Gasteiger partial charge in [0.15, 0.2) is 0 Å². The number of hydrogen-bond donors (Lipinski definition) is 1. The average molecular weight is 389 g/mol. The van der Waals surface area contributed by atoms with Crippen LogP contribution in [-0.2, 0) is 4.79 Å². The Balaban J connectivity index is 1.74. The Kier molecular flexibility index (Phi) is 5.72. The van der Waals surface area contributed by atoms with Crippen molar-refractivity contribution >= 4 is 5.97 Å². The third-order valence-electron chi connectivity index (χ3n) is 5.68. The Bertz CT molecular complexity index is 954. The summed E-state index contributed by atoms with van der Waals surface area (Å²) in [6.45, 7) is 0.708. The van der Waals surface area contributed by atoms with Gasteiger partial charge in [-0.3, -0.25) is 9.69 Å². The lowest BCUT2D eigenvalue weighted by Crippen LogP contribution is -2.46. The monoisotopic (exact) mass is 389 g/mol. The van der Waals surface area contributed by atoms with Gasteiger partial charge in [-0.1, -0.05) is 73.2 Å². The molecule has 2 atom stereocenters. The van der Waals surface area contributed by atoms with Crippen molar-refractivity contribution < 1.29 is 14.3 Å². The topological polar surface area (TPSA) is 40.5 Å². The van der Waals surface area contributed by atoms with Gasteiger partial charge in [-0.25, -0.2) is 4.39 Å². The third-order valence-corrected chi connectivity index (χ3v) is 5.68. The van der Waals surface area contributed by atoms with Crippen LogP contribution in [0, 0.1) is 5.82 Å². The molecule has 1 aliphatic rings. The van der Waals surface area contributed by atoms with Gasteiger partial charge in [-0.15, -0.1) is 0 Å². The number of halogens is 1. The summed E-state index contributed by atoms with van der Waals surface area (Å²) in [5, 5.41) is 9.79. The second-order valence-corrected chi connectivity index (χ2v) is 7.53. The zero-order valence-electron chi connectivity index (χ0n) is 16.2. The number of rotatable bonds is 5. The molecule has 2 unspecified atom stereocenters. The van der Waals surface area contributed by atoms with Crippen molar-refractivity contribution in [1.82, 2.24) is 4.90 Å². The molecule has 3 aromatic rings. The minimum atomic E-state index is -0.794. The lowest BCUT2D eigenvalue weighted by molar-refractivity contribution is -0.145. The maximum atomic E-state index is 13.5. The summed E-state index contributed by atoms with van der Waals surface area (Å²) >= 11 is 0. The molecule has 0 bridgehead atoms. The van der Waals surface area contributed by atoms with E-state index in [0.717, 1.165) is 35.1 Å². The van der Waals surface area contributed by atoms with Crippen LogP contribution in [0.2, 0.25) is 0 Å². The largest absolute Gasteiger partial charge is 0.480 e. The number of aliphatic carboxylic acids is 1. The fourth-order valence-corrected chi connectivity index (χ4v) is 4.24. The number of carbonyl (C=O) groups is 1. The predicted molar refractivity (Wildman–Crippen MR) is 112 cm³/mol. The van der Waals surface area contributed by atoms with E-state index in [-0.39, 0.29) is 11.9 Å². The van der Waals surface area contributed by atoms with Crippen LogP contribution in [0.1, 0.15) is 36.4 Å². The Morgan fingerprint density at radius 3 is 2.07 bits per heavy atom. The van der Waals surface area contributed by atoms with Gasteiger partial charge in [0.25, 0.3) is 0 Å². The number of carboxylic acid groups (broad SMARTS) is 1. The molecule has 1 fully saturated rings. The molecule has 4 heteroatoms. The SMILES string of the molecule is O=C(O)C1CCCCN1C(c1ccc(F)cc1)c1ccc(-c2ccccc2)cc1. The molecule has 0 spiro atoms. The predicted octanol–water partition coefficient (Wildman–Crippen LogP) is 5.52. The highest BCUT2D eigenvalue weighted by Gasteiger charge is 2.35. The van der Waals surface area contributed by atoms with Gasteiger partial charge in [0.1, 0.15) is 11.9 Å². The number of hydrogen-bond acceptors (Lipinski definition) is 2. The standard InChI is InChI=1S/C25H24FNO2/c26-22-15-13-21(14-16-22)24(27-17-5-4-8-23(27)25(28)29)20-11-9-19(10-12-20)18-6-2-1-3-7-18/h1-3,6-7,9-16,23-24H,4-5,8,17H2,(H,28,29). The summed E-state index contributed by atoms with van der Waals surface area (Å²) in [5.41, 5.74) is 4.18. The smallest absolute Gasteiger partial charge is 0.320 e. The van der Waals surface area contributed by atoms with Crippen LogP contribution in [-0.4, -0.2) is 28.6 Å². The normalized spacial score (nSPS) is 18.3. The first-order valence-electron chi connectivity index (χ1n) is 10.0. The molecule has 3 nitrogen and oxygen atoms in total. The summed E-state index contributed by atoms with van der Waals surface area (Å²) in [4.78, 5) is 14.0. The molecule has 1 N–H and O–H groups in total. The maximum Gasteiger partial charge on any atom is 0.320 e. The number of benzene rings is 3. The van der Waals surface area contributed by atoms with Crippen LogP contribution in [0.3, 0.4) is 0 Å². The third kappa shape index (κ3) is 4.22. The van der Waals surface area contributed by atoms with Crippen LogP contribution in [0.25, 0.3) is 11.1 Å². The van der Waals surface area contributed by atoms with E-state index in [1.807, 2.05) is 18.2 Å². The van der Waals surface area contributed by atoms with E-state index < -0.39 is 12.0 Å². The Hall–Kier alpha value is -2.98. The molecule has 0 saturated carbocycles. The minimum Gasteiger partial charge on any atom is -0.480 e. The second kappa shape index (κ2) is 8.58. The van der Waals surface area contributed by atoms with Crippen LogP contribution >= 0.6 is 0 Å². The van der Waals surface area contributed by atoms with Crippen molar-refractivity contribution in [3.8, 4) is 11.1 Å². The first-order valence-corrected chi connectivity index (χ1v) is 10.0. The molecule has 0 aliphatic carbocycles. The quantitative estimate of drug-likeness (QED) is 0.624. The first kappa shape index (κ1) is 19.3. The van der Waals surface area contributed by atoms with Crippen LogP contribution in [0.5, 0.6) is 0 Å². The van der Waals surface area contributed by atoms with Crippen LogP contribution in [0.4, 0.5) is 4.39 Å². The molecule has 0 aromatic heterocycles. The molecular weight excluding hydrogens is 365 g/mol. The van der Waals surface area contributed by atoms with Gasteiger partial charge in [-0.2, -0.15) is 0 Å². The molecular formula is C25H24FNO2. The Labute approximate surface area is 170 Å². The van der Waals surface area contributed by atoms with Crippen molar-refractivity contribution in [2.75, 3.05) is 6.54 Å². The molecule has 29 heavy (non-hydrogen) atoms. The molecule has 3 aromatic carbocycles. The van der Waals surface area contributed by atoms with E-state index in [2.05, 4.69) is 41.3 Å². The van der Waals surface area contributed by atoms with Crippen molar-refractivity contribution in [3.63, 3.8) is 0 Å². The summed E-state index contributed by atoms with van der Waals surface area (Å²) in [6.07, 6.45) is 2.51. The van der Waals surface area contributed by atoms with Gasteiger partial charge in [-0.05, 0) is 53.8 Å². The summed E-state index contributed by atoms with van der Waals surface area (Å²) < 4.78 is 13.5. The fourth-order valence-electron chi connectivity index (χ4n) is 4.24. The minimum absolute atomic E-state index is 0.221. The first-order chi connectivity index (χ1) is 14.1. The van der Waals surface area contributed by atoms with Gasteiger partial charge >= 0.3 is 5.97 Å². The van der Waals surface area contributed by atoms with Gasteiger partial charge < -0.3 is 5.11 Å². The van der Waals surface area contributed by atoms with E-state index >= 15 is 0 Å². The molecule has 1 saturated heterocycles. The highest BCUT2D eigenvalue weighted by Crippen LogP contribution is 2.35. The molecule has 0 radical (unpaired) electrons. The van der Waals surface area contributed by atoms with E-state index in [1.54, 1.807) is 12.1 Å². The fraction of sp³-hybridized carbons (Fsp3) is 0.240. The molecule has 1 aliphatic heterocycles. The Morgan fingerprint density at radius 1 is 0.862 bits per heavy atom.